The van der Waals surface area contributed by atoms with Gasteiger partial charge in [0.2, 0.25) is 5.91 Å². The number of nitrogens with zero attached hydrogens (tertiary/aromatic N) is 3. The molecule has 0 aromatic carbocycles. The van der Waals surface area contributed by atoms with Gasteiger partial charge in [-0.25, -0.2) is 0 Å². The van der Waals surface area contributed by atoms with E-state index < -0.39 is 0 Å². The highest BCUT2D eigenvalue weighted by Crippen LogP contribution is 2.08. The lowest BCUT2D eigenvalue weighted by atomic mass is 10.1. The highest BCUT2D eigenvalue weighted by molar-refractivity contribution is 5.85. The van der Waals surface area contributed by atoms with Crippen LogP contribution in [0.4, 0.5) is 0 Å². The molecule has 0 atom stereocenters. The SMILES string of the molecule is Cc1ccncc1CN(C)CC(=O)N1CCNCC1.Cl. The molecule has 2 rings (SSSR count). The molecule has 0 spiro atoms. The number of carbonyl (C=O) groups excluding carboxylic acids is 1. The molecule has 0 unspecified atom stereocenters. The Morgan fingerprint density at radius 2 is 2.15 bits per heavy atom. The topological polar surface area (TPSA) is 48.5 Å². The molecule has 0 aliphatic carbocycles. The van der Waals surface area contributed by atoms with E-state index in [2.05, 4.69) is 17.2 Å². The Morgan fingerprint density at radius 1 is 1.45 bits per heavy atom. The second-order valence-electron chi connectivity index (χ2n) is 5.11. The number of hydrogen-bond acceptors (Lipinski definition) is 4. The van der Waals surface area contributed by atoms with Crippen LogP contribution >= 0.6 is 12.4 Å². The standard InChI is InChI=1S/C14H22N4O.ClH/c1-12-3-4-16-9-13(12)10-17(2)11-14(19)18-7-5-15-6-8-18;/h3-4,9,15H,5-8,10-11H2,1-2H3;1H. The fraction of sp³-hybridized carbons (Fsp3) is 0.571. The normalized spacial score (nSPS) is 15.1. The molecule has 1 amide bonds. The van der Waals surface area contributed by atoms with Crippen LogP contribution in [0, 0.1) is 6.92 Å². The molecule has 1 aliphatic heterocycles. The van der Waals surface area contributed by atoms with Crippen molar-refractivity contribution in [2.45, 2.75) is 13.5 Å². The van der Waals surface area contributed by atoms with Crippen LogP contribution in [0.25, 0.3) is 0 Å². The van der Waals surface area contributed by atoms with Gasteiger partial charge in [0.25, 0.3) is 0 Å². The Hall–Kier alpha value is -1.17. The van der Waals surface area contributed by atoms with E-state index in [4.69, 9.17) is 0 Å². The Morgan fingerprint density at radius 3 is 2.80 bits per heavy atom. The molecule has 6 heteroatoms. The summed E-state index contributed by atoms with van der Waals surface area (Å²) in [5, 5.41) is 3.25. The summed E-state index contributed by atoms with van der Waals surface area (Å²) in [5.41, 5.74) is 2.40. The van der Waals surface area contributed by atoms with Crippen LogP contribution in [0.3, 0.4) is 0 Å². The zero-order chi connectivity index (χ0) is 13.7. The predicted molar refractivity (Wildman–Crippen MR) is 82.0 cm³/mol. The lowest BCUT2D eigenvalue weighted by molar-refractivity contribution is -0.132. The largest absolute Gasteiger partial charge is 0.339 e. The number of carbonyl (C=O) groups is 1. The van der Waals surface area contributed by atoms with Gasteiger partial charge >= 0.3 is 0 Å². The third kappa shape index (κ3) is 4.74. The van der Waals surface area contributed by atoms with Crippen LogP contribution in [0.15, 0.2) is 18.5 Å². The van der Waals surface area contributed by atoms with E-state index in [0.717, 1.165) is 32.7 Å². The molecule has 0 bridgehead atoms. The number of halogens is 1. The van der Waals surface area contributed by atoms with E-state index in [1.54, 1.807) is 6.20 Å². The fourth-order valence-corrected chi connectivity index (χ4v) is 2.25. The van der Waals surface area contributed by atoms with Gasteiger partial charge in [-0.1, -0.05) is 0 Å². The van der Waals surface area contributed by atoms with Gasteiger partial charge < -0.3 is 10.2 Å². The van der Waals surface area contributed by atoms with Crippen molar-refractivity contribution in [3.63, 3.8) is 0 Å². The molecule has 0 radical (unpaired) electrons. The maximum Gasteiger partial charge on any atom is 0.236 e. The number of hydrogen-bond donors (Lipinski definition) is 1. The third-order valence-electron chi connectivity index (χ3n) is 3.46. The van der Waals surface area contributed by atoms with Crippen molar-refractivity contribution < 1.29 is 4.79 Å². The van der Waals surface area contributed by atoms with E-state index in [1.807, 2.05) is 29.1 Å². The molecule has 2 heterocycles. The van der Waals surface area contributed by atoms with E-state index in [-0.39, 0.29) is 18.3 Å². The van der Waals surface area contributed by atoms with Gasteiger partial charge in [0.15, 0.2) is 0 Å². The van der Waals surface area contributed by atoms with E-state index in [0.29, 0.717) is 6.54 Å². The zero-order valence-electron chi connectivity index (χ0n) is 12.1. The number of likely N-dealkylation sites (N-methyl/N-ethyl adjacent to an activating group) is 1. The molecule has 112 valence electrons. The van der Waals surface area contributed by atoms with Crippen LogP contribution in [-0.4, -0.2) is 60.5 Å². The van der Waals surface area contributed by atoms with E-state index in [1.165, 1.54) is 11.1 Å². The van der Waals surface area contributed by atoms with Crippen LogP contribution < -0.4 is 5.32 Å². The minimum Gasteiger partial charge on any atom is -0.339 e. The Kier molecular flexibility index (Phi) is 6.91. The Bertz CT molecular complexity index is 435. The number of aryl methyl sites for hydroxylation is 1. The second kappa shape index (κ2) is 8.19. The molecule has 1 fully saturated rings. The highest BCUT2D eigenvalue weighted by Gasteiger charge is 2.17. The second-order valence-corrected chi connectivity index (χ2v) is 5.11. The molecule has 1 aromatic heterocycles. The number of pyridine rings is 1. The zero-order valence-corrected chi connectivity index (χ0v) is 12.9. The summed E-state index contributed by atoms with van der Waals surface area (Å²) in [4.78, 5) is 20.2. The molecule has 1 aliphatic rings. The lowest BCUT2D eigenvalue weighted by Crippen LogP contribution is -2.49. The summed E-state index contributed by atoms with van der Waals surface area (Å²) in [7, 11) is 1.98. The molecule has 1 saturated heterocycles. The van der Waals surface area contributed by atoms with Gasteiger partial charge in [0.05, 0.1) is 6.54 Å². The monoisotopic (exact) mass is 298 g/mol. The minimum absolute atomic E-state index is 0. The van der Waals surface area contributed by atoms with Crippen molar-refractivity contribution in [1.82, 2.24) is 20.1 Å². The first-order valence-electron chi connectivity index (χ1n) is 6.73. The van der Waals surface area contributed by atoms with Crippen molar-refractivity contribution in [1.29, 1.82) is 0 Å². The maximum absolute atomic E-state index is 12.1. The minimum atomic E-state index is 0. The van der Waals surface area contributed by atoms with Gasteiger partial charge in [0.1, 0.15) is 0 Å². The van der Waals surface area contributed by atoms with Gasteiger partial charge in [-0.15, -0.1) is 12.4 Å². The summed E-state index contributed by atoms with van der Waals surface area (Å²) in [6, 6.07) is 2.00. The molecule has 1 aromatic rings. The number of nitrogens with one attached hydrogen (secondary N) is 1. The molecule has 5 nitrogen and oxygen atoms in total. The van der Waals surface area contributed by atoms with Gasteiger partial charge in [-0.2, -0.15) is 0 Å². The Balaban J connectivity index is 0.00000200. The Labute approximate surface area is 126 Å². The summed E-state index contributed by atoms with van der Waals surface area (Å²) in [6.07, 6.45) is 3.67. The number of aromatic nitrogens is 1. The average Bonchev–Trinajstić information content (AvgIpc) is 2.42. The van der Waals surface area contributed by atoms with Crippen LogP contribution in [0.2, 0.25) is 0 Å². The molecule has 0 saturated carbocycles. The molecular formula is C14H23ClN4O. The number of amides is 1. The van der Waals surface area contributed by atoms with Crippen molar-refractivity contribution in [3.8, 4) is 0 Å². The lowest BCUT2D eigenvalue weighted by Gasteiger charge is -2.29. The van der Waals surface area contributed by atoms with E-state index in [9.17, 15) is 4.79 Å². The van der Waals surface area contributed by atoms with Crippen molar-refractivity contribution in [2.75, 3.05) is 39.8 Å². The van der Waals surface area contributed by atoms with E-state index >= 15 is 0 Å². The van der Waals surface area contributed by atoms with Crippen LogP contribution in [-0.2, 0) is 11.3 Å². The van der Waals surface area contributed by atoms with Crippen LogP contribution in [0.5, 0.6) is 0 Å². The number of piperazine rings is 1. The van der Waals surface area contributed by atoms with Crippen molar-refractivity contribution in [2.24, 2.45) is 0 Å². The third-order valence-corrected chi connectivity index (χ3v) is 3.46. The highest BCUT2D eigenvalue weighted by atomic mass is 35.5. The smallest absolute Gasteiger partial charge is 0.236 e. The summed E-state index contributed by atoms with van der Waals surface area (Å²) < 4.78 is 0. The van der Waals surface area contributed by atoms with Gasteiger partial charge in [-0.05, 0) is 31.2 Å². The van der Waals surface area contributed by atoms with Crippen molar-refractivity contribution >= 4 is 18.3 Å². The summed E-state index contributed by atoms with van der Waals surface area (Å²) >= 11 is 0. The first-order chi connectivity index (χ1) is 9.16. The number of rotatable bonds is 4. The molecular weight excluding hydrogens is 276 g/mol. The first kappa shape index (κ1) is 16.9. The van der Waals surface area contributed by atoms with Gasteiger partial charge in [0, 0.05) is 45.1 Å². The quantitative estimate of drug-likeness (QED) is 0.888. The summed E-state index contributed by atoms with van der Waals surface area (Å²) in [6.45, 7) is 6.74. The van der Waals surface area contributed by atoms with Gasteiger partial charge in [-0.3, -0.25) is 14.7 Å². The van der Waals surface area contributed by atoms with Crippen molar-refractivity contribution in [3.05, 3.63) is 29.6 Å². The predicted octanol–water partition coefficient (Wildman–Crippen LogP) is 0.675. The molecule has 1 N–H and O–H groups in total. The average molecular weight is 299 g/mol. The fourth-order valence-electron chi connectivity index (χ4n) is 2.25. The summed E-state index contributed by atoms with van der Waals surface area (Å²) in [5.74, 6) is 0.213. The maximum atomic E-state index is 12.1. The molecule has 20 heavy (non-hydrogen) atoms. The first-order valence-corrected chi connectivity index (χ1v) is 6.73. The van der Waals surface area contributed by atoms with Crippen LogP contribution in [0.1, 0.15) is 11.1 Å².